The molecule has 5 nitrogen and oxygen atoms in total. The number of rotatable bonds is 7. The van der Waals surface area contributed by atoms with Crippen LogP contribution in [0.4, 0.5) is 0 Å². The molecule has 22 heavy (non-hydrogen) atoms. The molecule has 2 saturated heterocycles. The number of nitrogens with one attached hydrogen (secondary N) is 1. The third kappa shape index (κ3) is 5.52. The summed E-state index contributed by atoms with van der Waals surface area (Å²) in [6.45, 7) is 8.42. The van der Waals surface area contributed by atoms with Gasteiger partial charge in [-0.25, -0.2) is 0 Å². The topological polar surface area (TPSA) is 50.8 Å². The van der Waals surface area contributed by atoms with Crippen molar-refractivity contribution in [3.05, 3.63) is 0 Å². The number of amides is 1. The maximum Gasteiger partial charge on any atom is 0.237 e. The van der Waals surface area contributed by atoms with Crippen LogP contribution in [0.15, 0.2) is 0 Å². The summed E-state index contributed by atoms with van der Waals surface area (Å²) in [6.07, 6.45) is 7.08. The van der Waals surface area contributed by atoms with Gasteiger partial charge in [0.05, 0.1) is 18.2 Å². The Morgan fingerprint density at radius 2 is 2.18 bits per heavy atom. The van der Waals surface area contributed by atoms with Gasteiger partial charge in [-0.1, -0.05) is 6.92 Å². The van der Waals surface area contributed by atoms with Gasteiger partial charge in [-0.05, 0) is 52.0 Å². The highest BCUT2D eigenvalue weighted by Crippen LogP contribution is 2.17. The van der Waals surface area contributed by atoms with Crippen molar-refractivity contribution in [3.8, 4) is 0 Å². The number of hydrogen-bond donors (Lipinski definition) is 1. The molecule has 0 radical (unpaired) electrons. The highest BCUT2D eigenvalue weighted by atomic mass is 16.5. The molecule has 1 N–H and O–H groups in total. The minimum Gasteiger partial charge on any atom is -0.378 e. The van der Waals surface area contributed by atoms with Gasteiger partial charge in [0.25, 0.3) is 0 Å². The fraction of sp³-hybridized carbons (Fsp3) is 0.941. The molecule has 0 unspecified atom stereocenters. The molecule has 5 heteroatoms. The smallest absolute Gasteiger partial charge is 0.237 e. The average molecular weight is 312 g/mol. The largest absolute Gasteiger partial charge is 0.378 e. The van der Waals surface area contributed by atoms with Gasteiger partial charge >= 0.3 is 0 Å². The van der Waals surface area contributed by atoms with Crippen molar-refractivity contribution in [2.45, 2.75) is 70.6 Å². The highest BCUT2D eigenvalue weighted by molar-refractivity contribution is 5.81. The van der Waals surface area contributed by atoms with Crippen molar-refractivity contribution in [1.82, 2.24) is 10.2 Å². The number of ether oxygens (including phenoxy) is 2. The van der Waals surface area contributed by atoms with Crippen LogP contribution in [0.2, 0.25) is 0 Å². The normalized spacial score (nSPS) is 28.3. The fourth-order valence-corrected chi connectivity index (χ4v) is 3.26. The van der Waals surface area contributed by atoms with E-state index < -0.39 is 0 Å². The quantitative estimate of drug-likeness (QED) is 0.781. The minimum atomic E-state index is -0.0636. The Morgan fingerprint density at radius 3 is 2.91 bits per heavy atom. The summed E-state index contributed by atoms with van der Waals surface area (Å²) in [4.78, 5) is 14.6. The molecule has 2 aliphatic heterocycles. The predicted octanol–water partition coefficient (Wildman–Crippen LogP) is 1.95. The Hall–Kier alpha value is -0.650. The van der Waals surface area contributed by atoms with E-state index in [0.717, 1.165) is 64.8 Å². The second-order valence-corrected chi connectivity index (χ2v) is 6.52. The Kier molecular flexibility index (Phi) is 7.63. The number of likely N-dealkylation sites (tertiary alicyclic amines) is 1. The van der Waals surface area contributed by atoms with Crippen molar-refractivity contribution in [1.29, 1.82) is 0 Å². The van der Waals surface area contributed by atoms with E-state index in [1.165, 1.54) is 0 Å². The third-order valence-corrected chi connectivity index (χ3v) is 4.72. The van der Waals surface area contributed by atoms with Gasteiger partial charge < -0.3 is 14.8 Å². The summed E-state index contributed by atoms with van der Waals surface area (Å²) in [5.74, 6) is 0.128. The second-order valence-electron chi connectivity index (χ2n) is 6.52. The Bertz CT molecular complexity index is 332. The van der Waals surface area contributed by atoms with Gasteiger partial charge in [0, 0.05) is 26.3 Å². The molecule has 0 aliphatic carbocycles. The molecule has 0 aromatic carbocycles. The Labute approximate surface area is 134 Å². The molecule has 2 aliphatic rings. The summed E-state index contributed by atoms with van der Waals surface area (Å²) in [6, 6.07) is -0.0636. The lowest BCUT2D eigenvalue weighted by Gasteiger charge is -2.27. The molecular weight excluding hydrogens is 280 g/mol. The van der Waals surface area contributed by atoms with Gasteiger partial charge in [0.1, 0.15) is 0 Å². The molecule has 2 fully saturated rings. The lowest BCUT2D eigenvalue weighted by Crippen LogP contribution is -2.47. The van der Waals surface area contributed by atoms with E-state index in [1.807, 2.05) is 6.92 Å². The average Bonchev–Trinajstić information content (AvgIpc) is 2.94. The fourth-order valence-electron chi connectivity index (χ4n) is 3.26. The van der Waals surface area contributed by atoms with Crippen molar-refractivity contribution < 1.29 is 14.3 Å². The van der Waals surface area contributed by atoms with Gasteiger partial charge in [-0.15, -0.1) is 0 Å². The number of carbonyl (C=O) groups excluding carboxylic acids is 1. The zero-order chi connectivity index (χ0) is 15.8. The standard InChI is InChI=1S/C17H32N2O3/c1-3-11-21-15-6-4-9-19(10-8-15)14(2)17(20)18-13-16-7-5-12-22-16/h14-16H,3-13H2,1-2H3,(H,18,20)/t14-,15+,16+/m0/s1. The molecule has 0 saturated carbocycles. The molecule has 128 valence electrons. The van der Waals surface area contributed by atoms with E-state index >= 15 is 0 Å². The van der Waals surface area contributed by atoms with Crippen LogP contribution >= 0.6 is 0 Å². The van der Waals surface area contributed by atoms with Gasteiger partial charge in [0.2, 0.25) is 5.91 Å². The number of nitrogens with zero attached hydrogens (tertiary/aromatic N) is 1. The van der Waals surface area contributed by atoms with Crippen LogP contribution in [-0.2, 0) is 14.3 Å². The molecule has 0 bridgehead atoms. The summed E-state index contributed by atoms with van der Waals surface area (Å²) in [7, 11) is 0. The zero-order valence-corrected chi connectivity index (χ0v) is 14.2. The minimum absolute atomic E-state index is 0.0636. The van der Waals surface area contributed by atoms with Gasteiger partial charge in [0.15, 0.2) is 0 Å². The van der Waals surface area contributed by atoms with E-state index in [2.05, 4.69) is 17.1 Å². The zero-order valence-electron chi connectivity index (χ0n) is 14.2. The Morgan fingerprint density at radius 1 is 1.32 bits per heavy atom. The van der Waals surface area contributed by atoms with Crippen molar-refractivity contribution in [2.75, 3.05) is 32.8 Å². The molecule has 1 amide bonds. The molecule has 2 heterocycles. The number of carbonyl (C=O) groups is 1. The predicted molar refractivity (Wildman–Crippen MR) is 86.9 cm³/mol. The first-order chi connectivity index (χ1) is 10.7. The van der Waals surface area contributed by atoms with Crippen molar-refractivity contribution in [3.63, 3.8) is 0 Å². The molecular formula is C17H32N2O3. The monoisotopic (exact) mass is 312 g/mol. The van der Waals surface area contributed by atoms with Gasteiger partial charge in [-0.3, -0.25) is 9.69 Å². The molecule has 0 aromatic rings. The Balaban J connectivity index is 1.71. The summed E-state index contributed by atoms with van der Waals surface area (Å²) >= 11 is 0. The van der Waals surface area contributed by atoms with E-state index in [4.69, 9.17) is 9.47 Å². The molecule has 3 atom stereocenters. The number of hydrogen-bond acceptors (Lipinski definition) is 4. The van der Waals surface area contributed by atoms with Gasteiger partial charge in [-0.2, -0.15) is 0 Å². The first kappa shape index (κ1) is 17.7. The van der Waals surface area contributed by atoms with Crippen LogP contribution in [0, 0.1) is 0 Å². The summed E-state index contributed by atoms with van der Waals surface area (Å²) in [5.41, 5.74) is 0. The van der Waals surface area contributed by atoms with Crippen LogP contribution in [0.5, 0.6) is 0 Å². The maximum atomic E-state index is 12.3. The molecule has 0 spiro atoms. The van der Waals surface area contributed by atoms with Crippen LogP contribution in [0.3, 0.4) is 0 Å². The van der Waals surface area contributed by atoms with E-state index in [0.29, 0.717) is 12.6 Å². The van der Waals surface area contributed by atoms with Crippen LogP contribution in [-0.4, -0.2) is 61.9 Å². The molecule has 0 aromatic heterocycles. The van der Waals surface area contributed by atoms with Crippen LogP contribution in [0.1, 0.15) is 52.4 Å². The maximum absolute atomic E-state index is 12.3. The highest BCUT2D eigenvalue weighted by Gasteiger charge is 2.26. The second kappa shape index (κ2) is 9.48. The van der Waals surface area contributed by atoms with Crippen LogP contribution < -0.4 is 5.32 Å². The van der Waals surface area contributed by atoms with E-state index in [1.54, 1.807) is 0 Å². The van der Waals surface area contributed by atoms with Crippen molar-refractivity contribution >= 4 is 5.91 Å². The first-order valence-corrected chi connectivity index (χ1v) is 8.95. The lowest BCUT2D eigenvalue weighted by atomic mass is 10.1. The lowest BCUT2D eigenvalue weighted by molar-refractivity contribution is -0.126. The van der Waals surface area contributed by atoms with E-state index in [9.17, 15) is 4.79 Å². The van der Waals surface area contributed by atoms with E-state index in [-0.39, 0.29) is 18.1 Å². The van der Waals surface area contributed by atoms with Crippen LogP contribution in [0.25, 0.3) is 0 Å². The summed E-state index contributed by atoms with van der Waals surface area (Å²) in [5, 5.41) is 3.05. The third-order valence-electron chi connectivity index (χ3n) is 4.72. The van der Waals surface area contributed by atoms with Crippen molar-refractivity contribution in [2.24, 2.45) is 0 Å². The summed E-state index contributed by atoms with van der Waals surface area (Å²) < 4.78 is 11.4. The first-order valence-electron chi connectivity index (χ1n) is 8.95. The SMILES string of the molecule is CCCO[C@@H]1CCCN([C@@H](C)C(=O)NC[C@H]2CCCO2)CC1. The molecule has 2 rings (SSSR count).